The molecule has 0 aliphatic carbocycles. The van der Waals surface area contributed by atoms with E-state index >= 15 is 0 Å². The number of anilines is 1. The molecule has 2 amide bonds. The van der Waals surface area contributed by atoms with Crippen molar-refractivity contribution in [2.45, 2.75) is 26.7 Å². The first-order chi connectivity index (χ1) is 9.41. The number of carbonyl (C=O) groups is 2. The van der Waals surface area contributed by atoms with Gasteiger partial charge in [-0.1, -0.05) is 6.07 Å². The molecular weight excluding hydrogens is 254 g/mol. The first kappa shape index (κ1) is 12.8. The molecule has 0 atom stereocenters. The van der Waals surface area contributed by atoms with Gasteiger partial charge < -0.3 is 4.90 Å². The van der Waals surface area contributed by atoms with Crippen molar-refractivity contribution < 1.29 is 9.59 Å². The van der Waals surface area contributed by atoms with Gasteiger partial charge in [-0.15, -0.1) is 0 Å². The number of hydrogen-bond donors (Lipinski definition) is 1. The Balaban J connectivity index is 2.03. The maximum absolute atomic E-state index is 11.8. The number of hydrazone groups is 1. The van der Waals surface area contributed by atoms with E-state index in [9.17, 15) is 9.59 Å². The summed E-state index contributed by atoms with van der Waals surface area (Å²) in [5, 5.41) is 4.16. The van der Waals surface area contributed by atoms with Crippen molar-refractivity contribution in [3.63, 3.8) is 0 Å². The van der Waals surface area contributed by atoms with Gasteiger partial charge in [0.05, 0.1) is 11.1 Å². The topological polar surface area (TPSA) is 61.8 Å². The second-order valence-electron chi connectivity index (χ2n) is 5.82. The van der Waals surface area contributed by atoms with Crippen LogP contribution in [0.25, 0.3) is 0 Å². The van der Waals surface area contributed by atoms with E-state index in [0.717, 1.165) is 28.9 Å². The Morgan fingerprint density at radius 1 is 1.25 bits per heavy atom. The average molecular weight is 271 g/mol. The van der Waals surface area contributed by atoms with Crippen LogP contribution in [0, 0.1) is 5.41 Å². The number of rotatable bonds is 1. The second-order valence-corrected chi connectivity index (χ2v) is 5.82. The molecule has 2 heterocycles. The fourth-order valence-electron chi connectivity index (χ4n) is 2.72. The van der Waals surface area contributed by atoms with Gasteiger partial charge in [0.25, 0.3) is 5.91 Å². The summed E-state index contributed by atoms with van der Waals surface area (Å²) in [7, 11) is 1.79. The molecule has 2 aliphatic rings. The Morgan fingerprint density at radius 2 is 2.00 bits per heavy atom. The Hall–Kier alpha value is -2.17. The lowest BCUT2D eigenvalue weighted by atomic mass is 9.83. The predicted octanol–water partition coefficient (Wildman–Crippen LogP) is 1.46. The summed E-state index contributed by atoms with van der Waals surface area (Å²) >= 11 is 0. The molecule has 0 fully saturated rings. The minimum atomic E-state index is -0.620. The molecule has 0 radical (unpaired) electrons. The Labute approximate surface area is 117 Å². The zero-order valence-corrected chi connectivity index (χ0v) is 11.9. The van der Waals surface area contributed by atoms with Crippen molar-refractivity contribution in [1.82, 2.24) is 5.43 Å². The van der Waals surface area contributed by atoms with Crippen LogP contribution in [0.4, 0.5) is 5.69 Å². The van der Waals surface area contributed by atoms with Crippen molar-refractivity contribution >= 4 is 23.2 Å². The smallest absolute Gasteiger partial charge is 0.251 e. The Morgan fingerprint density at radius 3 is 2.65 bits per heavy atom. The van der Waals surface area contributed by atoms with E-state index in [-0.39, 0.29) is 11.8 Å². The monoisotopic (exact) mass is 271 g/mol. The summed E-state index contributed by atoms with van der Waals surface area (Å²) in [6.07, 6.45) is 1.27. The summed E-state index contributed by atoms with van der Waals surface area (Å²) in [4.78, 5) is 25.2. The van der Waals surface area contributed by atoms with Crippen molar-refractivity contribution in [2.24, 2.45) is 10.5 Å². The predicted molar refractivity (Wildman–Crippen MR) is 76.6 cm³/mol. The minimum Gasteiger partial charge on any atom is -0.315 e. The summed E-state index contributed by atoms with van der Waals surface area (Å²) in [5.74, 6) is 0.0538. The lowest BCUT2D eigenvalue weighted by molar-refractivity contribution is -0.125. The highest BCUT2D eigenvalue weighted by atomic mass is 16.2. The molecule has 0 aromatic heterocycles. The van der Waals surface area contributed by atoms with E-state index in [0.29, 0.717) is 6.42 Å². The molecule has 0 saturated heterocycles. The number of hydrogen-bond acceptors (Lipinski definition) is 3. The van der Waals surface area contributed by atoms with E-state index in [2.05, 4.69) is 10.5 Å². The van der Waals surface area contributed by atoms with Crippen LogP contribution >= 0.6 is 0 Å². The van der Waals surface area contributed by atoms with Gasteiger partial charge in [0, 0.05) is 19.2 Å². The van der Waals surface area contributed by atoms with Gasteiger partial charge in [-0.2, -0.15) is 5.10 Å². The summed E-state index contributed by atoms with van der Waals surface area (Å²) in [6, 6.07) is 5.90. The summed E-state index contributed by atoms with van der Waals surface area (Å²) in [6.45, 7) is 3.73. The maximum atomic E-state index is 11.8. The van der Waals surface area contributed by atoms with Crippen LogP contribution in [0.3, 0.4) is 0 Å². The van der Waals surface area contributed by atoms with Gasteiger partial charge in [-0.3, -0.25) is 9.59 Å². The SMILES string of the molecule is CN1C(=O)CCc2cc(C3=NNC(=O)C3(C)C)ccc21. The third-order valence-corrected chi connectivity index (χ3v) is 4.13. The molecule has 1 N–H and O–H groups in total. The van der Waals surface area contributed by atoms with Crippen LogP contribution in [0.15, 0.2) is 23.3 Å². The minimum absolute atomic E-state index is 0.0856. The lowest BCUT2D eigenvalue weighted by Gasteiger charge is -2.26. The van der Waals surface area contributed by atoms with Crippen molar-refractivity contribution in [3.05, 3.63) is 29.3 Å². The number of carbonyl (C=O) groups excluding carboxylic acids is 2. The molecule has 5 nitrogen and oxygen atoms in total. The highest BCUT2D eigenvalue weighted by Crippen LogP contribution is 2.32. The van der Waals surface area contributed by atoms with Crippen molar-refractivity contribution in [1.29, 1.82) is 0 Å². The molecule has 1 aromatic rings. The van der Waals surface area contributed by atoms with Crippen LogP contribution in [-0.2, 0) is 16.0 Å². The molecule has 0 bridgehead atoms. The summed E-state index contributed by atoms with van der Waals surface area (Å²) in [5.41, 5.74) is 5.68. The van der Waals surface area contributed by atoms with Gasteiger partial charge in [-0.05, 0) is 43.5 Å². The van der Waals surface area contributed by atoms with Crippen LogP contribution in [0.2, 0.25) is 0 Å². The van der Waals surface area contributed by atoms with Crippen LogP contribution in [0.5, 0.6) is 0 Å². The molecule has 104 valence electrons. The molecule has 2 aliphatic heterocycles. The van der Waals surface area contributed by atoms with Crippen molar-refractivity contribution in [3.8, 4) is 0 Å². The van der Waals surface area contributed by atoms with Gasteiger partial charge >= 0.3 is 0 Å². The molecule has 20 heavy (non-hydrogen) atoms. The Bertz CT molecular complexity index is 647. The zero-order chi connectivity index (χ0) is 14.5. The number of aryl methyl sites for hydroxylation is 1. The largest absolute Gasteiger partial charge is 0.315 e. The van der Waals surface area contributed by atoms with Gasteiger partial charge in [-0.25, -0.2) is 5.43 Å². The molecule has 5 heteroatoms. The van der Waals surface area contributed by atoms with Gasteiger partial charge in [0.2, 0.25) is 5.91 Å². The molecule has 0 spiro atoms. The van der Waals surface area contributed by atoms with Gasteiger partial charge in [0.1, 0.15) is 0 Å². The van der Waals surface area contributed by atoms with E-state index in [1.54, 1.807) is 11.9 Å². The number of amides is 2. The van der Waals surface area contributed by atoms with Crippen molar-refractivity contribution in [2.75, 3.05) is 11.9 Å². The fraction of sp³-hybridized carbons (Fsp3) is 0.400. The molecule has 0 saturated carbocycles. The fourth-order valence-corrected chi connectivity index (χ4v) is 2.72. The van der Waals surface area contributed by atoms with Crippen LogP contribution < -0.4 is 10.3 Å². The molecule has 1 aromatic carbocycles. The number of nitrogens with one attached hydrogen (secondary N) is 1. The Kier molecular flexibility index (Phi) is 2.67. The number of fused-ring (bicyclic) bond motifs is 1. The van der Waals surface area contributed by atoms with Crippen LogP contribution in [-0.4, -0.2) is 24.6 Å². The third kappa shape index (κ3) is 1.73. The number of nitrogens with zero attached hydrogens (tertiary/aromatic N) is 2. The van der Waals surface area contributed by atoms with Gasteiger partial charge in [0.15, 0.2) is 0 Å². The average Bonchev–Trinajstić information content (AvgIpc) is 2.68. The lowest BCUT2D eigenvalue weighted by Crippen LogP contribution is -2.33. The normalized spacial score (nSPS) is 20.6. The summed E-state index contributed by atoms with van der Waals surface area (Å²) < 4.78 is 0. The molecule has 0 unspecified atom stereocenters. The first-order valence-corrected chi connectivity index (χ1v) is 6.70. The number of benzene rings is 1. The van der Waals surface area contributed by atoms with E-state index in [1.165, 1.54) is 0 Å². The third-order valence-electron chi connectivity index (χ3n) is 4.13. The quantitative estimate of drug-likeness (QED) is 0.840. The zero-order valence-electron chi connectivity index (χ0n) is 11.9. The van der Waals surface area contributed by atoms with E-state index in [4.69, 9.17) is 0 Å². The van der Waals surface area contributed by atoms with E-state index < -0.39 is 5.41 Å². The molecular formula is C15H17N3O2. The molecule has 3 rings (SSSR count). The highest BCUT2D eigenvalue weighted by molar-refractivity contribution is 6.19. The first-order valence-electron chi connectivity index (χ1n) is 6.70. The van der Waals surface area contributed by atoms with E-state index in [1.807, 2.05) is 32.0 Å². The standard InChI is InChI=1S/C15H17N3O2/c1-15(2)13(16-17-14(15)20)10-4-6-11-9(8-10)5-7-12(19)18(11)3/h4,6,8H,5,7H2,1-3H3,(H,17,20). The second kappa shape index (κ2) is 4.16. The highest BCUT2D eigenvalue weighted by Gasteiger charge is 2.39. The maximum Gasteiger partial charge on any atom is 0.251 e. The van der Waals surface area contributed by atoms with Crippen LogP contribution in [0.1, 0.15) is 31.4 Å².